The fourth-order valence-corrected chi connectivity index (χ4v) is 7.05. The van der Waals surface area contributed by atoms with Crippen LogP contribution in [0.25, 0.3) is 0 Å². The Morgan fingerprint density at radius 3 is 1.44 bits per heavy atom. The minimum atomic E-state index is -0.825. The van der Waals surface area contributed by atoms with Gasteiger partial charge in [-0.25, -0.2) is 0 Å². The van der Waals surface area contributed by atoms with E-state index in [4.69, 9.17) is 4.74 Å². The fraction of sp³-hybridized carbons (Fsp3) is 0.621. The zero-order valence-corrected chi connectivity index (χ0v) is 41.1. The molecule has 0 spiro atoms. The van der Waals surface area contributed by atoms with Gasteiger partial charge in [0.15, 0.2) is 0 Å². The van der Waals surface area contributed by atoms with Crippen molar-refractivity contribution in [2.24, 2.45) is 0 Å². The van der Waals surface area contributed by atoms with Crippen LogP contribution in [0, 0.1) is 0 Å². The van der Waals surface area contributed by atoms with Crippen molar-refractivity contribution in [2.45, 2.75) is 225 Å². The molecule has 0 aromatic carbocycles. The van der Waals surface area contributed by atoms with Gasteiger partial charge in [-0.1, -0.05) is 239 Å². The highest BCUT2D eigenvalue weighted by atomic mass is 16.5. The monoisotopic (exact) mass is 886 g/mol. The Kier molecular flexibility index (Phi) is 47.3. The summed E-state index contributed by atoms with van der Waals surface area (Å²) in [5, 5.41) is 23.7. The molecule has 64 heavy (non-hydrogen) atoms. The number of esters is 1. The lowest BCUT2D eigenvalue weighted by atomic mass is 10.0. The van der Waals surface area contributed by atoms with Crippen molar-refractivity contribution in [1.82, 2.24) is 5.32 Å². The molecule has 0 aromatic heterocycles. The molecule has 0 aliphatic carbocycles. The first-order chi connectivity index (χ1) is 31.5. The number of hydrogen-bond acceptors (Lipinski definition) is 5. The molecule has 6 nitrogen and oxygen atoms in total. The van der Waals surface area contributed by atoms with Crippen LogP contribution < -0.4 is 5.32 Å². The fourth-order valence-electron chi connectivity index (χ4n) is 7.05. The number of ether oxygens (including phenoxy) is 1. The summed E-state index contributed by atoms with van der Waals surface area (Å²) in [6.45, 7) is 6.26. The summed E-state index contributed by atoms with van der Waals surface area (Å²) >= 11 is 0. The van der Waals surface area contributed by atoms with Gasteiger partial charge in [0.2, 0.25) is 5.91 Å². The Bertz CT molecular complexity index is 1360. The highest BCUT2D eigenvalue weighted by molar-refractivity contribution is 5.77. The first-order valence-corrected chi connectivity index (χ1v) is 25.8. The summed E-state index contributed by atoms with van der Waals surface area (Å²) in [4.78, 5) is 26.1. The first-order valence-electron chi connectivity index (χ1n) is 25.8. The molecule has 6 heteroatoms. The van der Waals surface area contributed by atoms with Crippen LogP contribution in [0.2, 0.25) is 0 Å². The van der Waals surface area contributed by atoms with Crippen LogP contribution >= 0.6 is 0 Å². The molecule has 0 heterocycles. The summed E-state index contributed by atoms with van der Waals surface area (Å²) in [6.07, 6.45) is 69.7. The van der Waals surface area contributed by atoms with E-state index in [1.165, 1.54) is 89.9 Å². The smallest absolute Gasteiger partial charge is 0.306 e. The molecule has 0 radical (unpaired) electrons. The molecule has 3 unspecified atom stereocenters. The third-order valence-corrected chi connectivity index (χ3v) is 10.9. The molecule has 0 saturated heterocycles. The van der Waals surface area contributed by atoms with Gasteiger partial charge in [0, 0.05) is 6.42 Å². The van der Waals surface area contributed by atoms with E-state index in [0.29, 0.717) is 19.3 Å². The van der Waals surface area contributed by atoms with E-state index in [2.05, 4.69) is 86.8 Å². The van der Waals surface area contributed by atoms with E-state index >= 15 is 0 Å². The number of hydrogen-bond donors (Lipinski definition) is 3. The van der Waals surface area contributed by atoms with Gasteiger partial charge in [-0.15, -0.1) is 0 Å². The second-order valence-corrected chi connectivity index (χ2v) is 17.0. The molecule has 0 fully saturated rings. The third kappa shape index (κ3) is 44.9. The predicted molar refractivity (Wildman–Crippen MR) is 277 cm³/mol. The quantitative estimate of drug-likeness (QED) is 0.0245. The molecule has 3 atom stereocenters. The maximum Gasteiger partial charge on any atom is 0.306 e. The van der Waals surface area contributed by atoms with Gasteiger partial charge in [0.1, 0.15) is 6.10 Å². The summed E-state index contributed by atoms with van der Waals surface area (Å²) in [5.41, 5.74) is 0. The van der Waals surface area contributed by atoms with Crippen LogP contribution in [-0.4, -0.2) is 46.9 Å². The van der Waals surface area contributed by atoms with Gasteiger partial charge in [0.05, 0.1) is 25.2 Å². The maximum atomic E-state index is 13.2. The van der Waals surface area contributed by atoms with Crippen LogP contribution in [0.1, 0.15) is 207 Å². The lowest BCUT2D eigenvalue weighted by Crippen LogP contribution is -2.46. The predicted octanol–water partition coefficient (Wildman–Crippen LogP) is 15.7. The number of aliphatic hydroxyl groups excluding tert-OH is 2. The highest BCUT2D eigenvalue weighted by Gasteiger charge is 2.24. The zero-order valence-electron chi connectivity index (χ0n) is 41.1. The average Bonchev–Trinajstić information content (AvgIpc) is 3.29. The summed E-state index contributed by atoms with van der Waals surface area (Å²) in [7, 11) is 0. The van der Waals surface area contributed by atoms with Crippen LogP contribution in [0.15, 0.2) is 122 Å². The highest BCUT2D eigenvalue weighted by Crippen LogP contribution is 2.16. The number of amides is 1. The third-order valence-electron chi connectivity index (χ3n) is 10.9. The normalized spacial score (nSPS) is 14.3. The Hall–Kier alpha value is -3.74. The van der Waals surface area contributed by atoms with Crippen molar-refractivity contribution in [3.63, 3.8) is 0 Å². The van der Waals surface area contributed by atoms with E-state index in [-0.39, 0.29) is 31.3 Å². The molecule has 0 aromatic rings. The lowest BCUT2D eigenvalue weighted by molar-refractivity contribution is -0.151. The van der Waals surface area contributed by atoms with Crippen LogP contribution in [0.4, 0.5) is 0 Å². The van der Waals surface area contributed by atoms with Gasteiger partial charge in [-0.05, 0) is 77.0 Å². The zero-order chi connectivity index (χ0) is 46.7. The van der Waals surface area contributed by atoms with Crippen molar-refractivity contribution in [3.8, 4) is 0 Å². The number of aliphatic hydroxyl groups is 2. The molecule has 0 saturated carbocycles. The minimum Gasteiger partial charge on any atom is -0.462 e. The molecular formula is C58H95NO5. The van der Waals surface area contributed by atoms with E-state index in [1.807, 2.05) is 60.8 Å². The molecule has 3 N–H and O–H groups in total. The SMILES string of the molecule is CC\C=C/C=C/C=C/C=C\C=C\C=C\CCCC(CC(=O)NC(CO)C(O)CCCCCCCCCCCCCCC)OC(=O)CCC/C=C\C/C=C\C/C=C\C/C=C\CCCCC. The number of allylic oxidation sites excluding steroid dienone is 20. The Balaban J connectivity index is 4.84. The van der Waals surface area contributed by atoms with Crippen LogP contribution in [0.5, 0.6) is 0 Å². The Morgan fingerprint density at radius 2 is 0.922 bits per heavy atom. The second kappa shape index (κ2) is 50.3. The van der Waals surface area contributed by atoms with Gasteiger partial charge in [0.25, 0.3) is 0 Å². The summed E-state index contributed by atoms with van der Waals surface area (Å²) in [5.74, 6) is -0.628. The van der Waals surface area contributed by atoms with Gasteiger partial charge >= 0.3 is 5.97 Å². The van der Waals surface area contributed by atoms with Crippen molar-refractivity contribution in [2.75, 3.05) is 6.61 Å². The summed E-state index contributed by atoms with van der Waals surface area (Å²) < 4.78 is 5.87. The van der Waals surface area contributed by atoms with Crippen LogP contribution in [0.3, 0.4) is 0 Å². The van der Waals surface area contributed by atoms with Crippen molar-refractivity contribution in [1.29, 1.82) is 0 Å². The van der Waals surface area contributed by atoms with Gasteiger partial charge < -0.3 is 20.3 Å². The van der Waals surface area contributed by atoms with E-state index in [0.717, 1.165) is 64.2 Å². The van der Waals surface area contributed by atoms with E-state index < -0.39 is 18.2 Å². The maximum absolute atomic E-state index is 13.2. The number of carbonyl (C=O) groups excluding carboxylic acids is 2. The van der Waals surface area contributed by atoms with Gasteiger partial charge in [-0.3, -0.25) is 9.59 Å². The van der Waals surface area contributed by atoms with Crippen molar-refractivity contribution < 1.29 is 24.5 Å². The molecule has 0 bridgehead atoms. The second-order valence-electron chi connectivity index (χ2n) is 17.0. The largest absolute Gasteiger partial charge is 0.462 e. The number of unbranched alkanes of at least 4 members (excludes halogenated alkanes) is 17. The number of rotatable bonds is 44. The molecule has 362 valence electrons. The number of carbonyl (C=O) groups is 2. The minimum absolute atomic E-state index is 0.00309. The van der Waals surface area contributed by atoms with Crippen LogP contribution in [-0.2, 0) is 14.3 Å². The molecular weight excluding hydrogens is 791 g/mol. The molecule has 0 aliphatic rings. The first kappa shape index (κ1) is 60.3. The molecule has 0 rings (SSSR count). The van der Waals surface area contributed by atoms with E-state index in [9.17, 15) is 19.8 Å². The molecule has 1 amide bonds. The lowest BCUT2D eigenvalue weighted by Gasteiger charge is -2.24. The topological polar surface area (TPSA) is 95.9 Å². The standard InChI is InChI=1S/C58H95NO5/c1-4-7-10-13-16-19-22-25-27-28-30-33-36-39-42-45-48-51-58(63)64-54(49-46-43-40-37-34-32-29-26-23-20-17-14-11-8-5-2)52-57(62)59-55(53-60)56(61)50-47-44-41-38-35-31-24-21-18-15-12-9-6-3/h8,11,14,16-17,19-20,23,25-27,29-30,32-34,37,39-40,42,54-56,60-61H,4-7,9-10,12-13,15,18,21-22,24,28,31,35-36,38,41,43-53H2,1-3H3,(H,59,62)/b11-8-,17-14+,19-16-,23-20+,27-25-,29-26-,33-30-,34-32+,40-37+,42-39-. The van der Waals surface area contributed by atoms with E-state index in [1.54, 1.807) is 0 Å². The number of nitrogens with one attached hydrogen (secondary N) is 1. The average molecular weight is 886 g/mol. The Labute approximate surface area is 393 Å². The van der Waals surface area contributed by atoms with Crippen molar-refractivity contribution >= 4 is 11.9 Å². The van der Waals surface area contributed by atoms with Crippen molar-refractivity contribution in [3.05, 3.63) is 122 Å². The molecule has 0 aliphatic heterocycles. The Morgan fingerprint density at radius 1 is 0.484 bits per heavy atom. The summed E-state index contributed by atoms with van der Waals surface area (Å²) in [6, 6.07) is -0.745. The van der Waals surface area contributed by atoms with Gasteiger partial charge in [-0.2, -0.15) is 0 Å².